The molecule has 26 heavy (non-hydrogen) atoms. The van der Waals surface area contributed by atoms with Gasteiger partial charge >= 0.3 is 5.97 Å². The number of fused-ring (bicyclic) bond motifs is 5. The third-order valence-corrected chi connectivity index (χ3v) is 8.81. The molecule has 0 aromatic rings. The van der Waals surface area contributed by atoms with Crippen molar-refractivity contribution in [3.63, 3.8) is 0 Å². The van der Waals surface area contributed by atoms with Crippen LogP contribution in [0.3, 0.4) is 0 Å². The smallest absolute Gasteiger partial charge is 0.308 e. The summed E-state index contributed by atoms with van der Waals surface area (Å²) in [6, 6.07) is 0. The van der Waals surface area contributed by atoms with Gasteiger partial charge in [-0.3, -0.25) is 9.59 Å². The average Bonchev–Trinajstić information content (AvgIpc) is 2.98. The molecule has 0 bridgehead atoms. The SMILES string of the molecule is COC(=O)C(C)[C@H]1CC[C@H]2[C@@H]3CCC4=CC(=O)C=C[C@]4(C)[C@H]3CC[C@]12C. The van der Waals surface area contributed by atoms with Gasteiger partial charge in [0.1, 0.15) is 0 Å². The highest BCUT2D eigenvalue weighted by Crippen LogP contribution is 2.66. The maximum Gasteiger partial charge on any atom is 0.308 e. The molecular formula is C23H32O3. The van der Waals surface area contributed by atoms with Gasteiger partial charge in [-0.15, -0.1) is 0 Å². The van der Waals surface area contributed by atoms with Gasteiger partial charge in [0.05, 0.1) is 13.0 Å². The van der Waals surface area contributed by atoms with Crippen LogP contribution in [0.1, 0.15) is 59.3 Å². The number of esters is 1. The van der Waals surface area contributed by atoms with Gasteiger partial charge in [-0.2, -0.15) is 0 Å². The molecule has 7 atom stereocenters. The molecular weight excluding hydrogens is 324 g/mol. The van der Waals surface area contributed by atoms with Crippen molar-refractivity contribution in [2.45, 2.75) is 59.3 Å². The molecule has 0 N–H and O–H groups in total. The summed E-state index contributed by atoms with van der Waals surface area (Å²) in [6.45, 7) is 6.86. The molecule has 1 unspecified atom stereocenters. The molecule has 0 aromatic heterocycles. The summed E-state index contributed by atoms with van der Waals surface area (Å²) in [7, 11) is 1.51. The monoisotopic (exact) mass is 356 g/mol. The van der Waals surface area contributed by atoms with E-state index in [4.69, 9.17) is 4.74 Å². The number of ketones is 1. The number of hydrogen-bond donors (Lipinski definition) is 0. The van der Waals surface area contributed by atoms with E-state index in [1.807, 2.05) is 6.08 Å². The van der Waals surface area contributed by atoms with Gasteiger partial charge in [0.2, 0.25) is 0 Å². The van der Waals surface area contributed by atoms with E-state index in [2.05, 4.69) is 26.8 Å². The number of allylic oxidation sites excluding steroid dienone is 4. The van der Waals surface area contributed by atoms with Crippen molar-refractivity contribution < 1.29 is 14.3 Å². The second-order valence-corrected chi connectivity index (χ2v) is 9.64. The quantitative estimate of drug-likeness (QED) is 0.673. The first-order chi connectivity index (χ1) is 12.3. The van der Waals surface area contributed by atoms with Gasteiger partial charge < -0.3 is 4.74 Å². The maximum atomic E-state index is 12.2. The zero-order chi connectivity index (χ0) is 18.7. The molecule has 4 aliphatic carbocycles. The lowest BCUT2D eigenvalue weighted by Gasteiger charge is -2.57. The van der Waals surface area contributed by atoms with Crippen LogP contribution in [0, 0.1) is 40.4 Å². The zero-order valence-electron chi connectivity index (χ0n) is 16.6. The van der Waals surface area contributed by atoms with Gasteiger partial charge in [-0.25, -0.2) is 0 Å². The minimum atomic E-state index is -0.0476. The molecule has 0 radical (unpaired) electrons. The number of ether oxygens (including phenoxy) is 1. The van der Waals surface area contributed by atoms with Crippen molar-refractivity contribution in [1.29, 1.82) is 0 Å². The van der Waals surface area contributed by atoms with Crippen LogP contribution in [0.5, 0.6) is 0 Å². The Morgan fingerprint density at radius 2 is 1.96 bits per heavy atom. The molecule has 0 amide bonds. The van der Waals surface area contributed by atoms with E-state index < -0.39 is 0 Å². The van der Waals surface area contributed by atoms with Crippen LogP contribution in [0.15, 0.2) is 23.8 Å². The summed E-state index contributed by atoms with van der Waals surface area (Å²) >= 11 is 0. The molecule has 0 saturated heterocycles. The van der Waals surface area contributed by atoms with Crippen LogP contribution < -0.4 is 0 Å². The first-order valence-corrected chi connectivity index (χ1v) is 10.3. The van der Waals surface area contributed by atoms with Crippen LogP contribution in [0.4, 0.5) is 0 Å². The summed E-state index contributed by atoms with van der Waals surface area (Å²) in [5.74, 6) is 2.59. The first kappa shape index (κ1) is 18.0. The Balaban J connectivity index is 1.62. The summed E-state index contributed by atoms with van der Waals surface area (Å²) in [5.41, 5.74) is 1.66. The van der Waals surface area contributed by atoms with Gasteiger partial charge in [-0.05, 0) is 79.8 Å². The Kier molecular flexibility index (Phi) is 4.20. The van der Waals surface area contributed by atoms with Crippen LogP contribution in [-0.2, 0) is 14.3 Å². The Labute approximate surface area is 157 Å². The maximum absolute atomic E-state index is 12.2. The van der Waals surface area contributed by atoms with Crippen molar-refractivity contribution >= 4 is 11.8 Å². The van der Waals surface area contributed by atoms with E-state index in [0.717, 1.165) is 12.8 Å². The van der Waals surface area contributed by atoms with Gasteiger partial charge in [0.15, 0.2) is 5.78 Å². The largest absolute Gasteiger partial charge is 0.469 e. The number of methoxy groups -OCH3 is 1. The zero-order valence-corrected chi connectivity index (χ0v) is 16.6. The van der Waals surface area contributed by atoms with Crippen molar-refractivity contribution in [3.8, 4) is 0 Å². The molecule has 4 rings (SSSR count). The minimum absolute atomic E-state index is 0.00613. The molecule has 3 fully saturated rings. The predicted molar refractivity (Wildman–Crippen MR) is 101 cm³/mol. The van der Waals surface area contributed by atoms with E-state index in [1.54, 1.807) is 6.08 Å². The fraction of sp³-hybridized carbons (Fsp3) is 0.739. The standard InChI is InChI=1S/C23H32O3/c1-14(21(25)26-4)18-7-8-19-17-6-5-15-13-16(24)9-11-22(15,2)20(17)10-12-23(18,19)3/h9,11,13-14,17-20H,5-8,10,12H2,1-4H3/t14?,17-,18+,19-,20-,22-,23+/m0/s1. The van der Waals surface area contributed by atoms with E-state index in [0.29, 0.717) is 23.7 Å². The third kappa shape index (κ3) is 2.38. The van der Waals surface area contributed by atoms with Crippen molar-refractivity contribution in [2.75, 3.05) is 7.11 Å². The van der Waals surface area contributed by atoms with E-state index in [-0.39, 0.29) is 28.5 Å². The molecule has 142 valence electrons. The average molecular weight is 357 g/mol. The van der Waals surface area contributed by atoms with Gasteiger partial charge in [0, 0.05) is 5.41 Å². The Bertz CT molecular complexity index is 690. The Morgan fingerprint density at radius 3 is 2.69 bits per heavy atom. The van der Waals surface area contributed by atoms with Gasteiger partial charge in [0.25, 0.3) is 0 Å². The van der Waals surface area contributed by atoms with Crippen molar-refractivity contribution in [3.05, 3.63) is 23.8 Å². The second-order valence-electron chi connectivity index (χ2n) is 9.64. The second kappa shape index (κ2) is 6.07. The molecule has 0 heterocycles. The highest BCUT2D eigenvalue weighted by Gasteiger charge is 2.59. The normalized spacial score (nSPS) is 45.2. The molecule has 0 aromatic carbocycles. The lowest BCUT2D eigenvalue weighted by atomic mass is 9.47. The van der Waals surface area contributed by atoms with Crippen LogP contribution in [0.25, 0.3) is 0 Å². The number of rotatable bonds is 2. The van der Waals surface area contributed by atoms with Crippen LogP contribution in [-0.4, -0.2) is 18.9 Å². The molecule has 3 saturated carbocycles. The fourth-order valence-corrected chi connectivity index (χ4v) is 7.41. The summed E-state index contributed by atoms with van der Waals surface area (Å²) in [5, 5.41) is 0. The highest BCUT2D eigenvalue weighted by atomic mass is 16.5. The molecule has 0 spiro atoms. The highest BCUT2D eigenvalue weighted by molar-refractivity contribution is 6.01. The molecule has 0 aliphatic heterocycles. The van der Waals surface area contributed by atoms with E-state index in [9.17, 15) is 9.59 Å². The number of carbonyl (C=O) groups is 2. The first-order valence-electron chi connectivity index (χ1n) is 10.3. The van der Waals surface area contributed by atoms with E-state index in [1.165, 1.54) is 38.4 Å². The lowest BCUT2D eigenvalue weighted by Crippen LogP contribution is -2.50. The number of carbonyl (C=O) groups excluding carboxylic acids is 2. The molecule has 4 aliphatic rings. The van der Waals surface area contributed by atoms with Crippen LogP contribution >= 0.6 is 0 Å². The van der Waals surface area contributed by atoms with Crippen LogP contribution in [0.2, 0.25) is 0 Å². The number of hydrogen-bond acceptors (Lipinski definition) is 3. The predicted octanol–water partition coefficient (Wildman–Crippen LogP) is 4.72. The third-order valence-electron chi connectivity index (χ3n) is 8.81. The van der Waals surface area contributed by atoms with Gasteiger partial charge in [-0.1, -0.05) is 32.4 Å². The van der Waals surface area contributed by atoms with E-state index >= 15 is 0 Å². The summed E-state index contributed by atoms with van der Waals surface area (Å²) in [6.07, 6.45) is 12.9. The topological polar surface area (TPSA) is 43.4 Å². The Hall–Kier alpha value is -1.38. The summed E-state index contributed by atoms with van der Waals surface area (Å²) < 4.78 is 5.07. The summed E-state index contributed by atoms with van der Waals surface area (Å²) in [4.78, 5) is 24.1. The molecule has 3 nitrogen and oxygen atoms in total. The molecule has 3 heteroatoms. The fourth-order valence-electron chi connectivity index (χ4n) is 7.41. The van der Waals surface area contributed by atoms with Crippen molar-refractivity contribution in [2.24, 2.45) is 40.4 Å². The minimum Gasteiger partial charge on any atom is -0.469 e. The lowest BCUT2D eigenvalue weighted by molar-refractivity contribution is -0.149. The Morgan fingerprint density at radius 1 is 1.19 bits per heavy atom. The van der Waals surface area contributed by atoms with Crippen molar-refractivity contribution in [1.82, 2.24) is 0 Å².